The number of halogens is 2. The van der Waals surface area contributed by atoms with E-state index in [4.69, 9.17) is 4.74 Å². The smallest absolute Gasteiger partial charge is 0.408 e. The molecule has 1 aromatic rings. The van der Waals surface area contributed by atoms with Crippen molar-refractivity contribution in [3.05, 3.63) is 60.5 Å². The molecule has 4 nitrogen and oxygen atoms in total. The van der Waals surface area contributed by atoms with Crippen LogP contribution in [0.4, 0.5) is 13.6 Å². The second-order valence-corrected chi connectivity index (χ2v) is 6.17. The van der Waals surface area contributed by atoms with Gasteiger partial charge < -0.3 is 10.1 Å². The monoisotopic (exact) mass is 336 g/mol. The maximum Gasteiger partial charge on any atom is 0.408 e. The zero-order valence-electron chi connectivity index (χ0n) is 14.3. The van der Waals surface area contributed by atoms with E-state index in [9.17, 15) is 13.6 Å². The third-order valence-corrected chi connectivity index (χ3v) is 2.94. The Hall–Kier alpha value is -2.50. The van der Waals surface area contributed by atoms with E-state index in [1.807, 2.05) is 0 Å². The summed E-state index contributed by atoms with van der Waals surface area (Å²) in [5.41, 5.74) is -0.151. The molecular formula is C18H22F2N2O2. The molecule has 1 amide bonds. The standard InChI is InChI=1S/C18H22F2N2O2/c1-7-14(20)16(11(2)19)13-8-9-15(21-10-13)12(3)22-17(23)24-18(4,5)6/h7-10,12H,1-2H2,3-6H3,(H,22,23)/b16-14-. The molecular weight excluding hydrogens is 314 g/mol. The van der Waals surface area contributed by atoms with Crippen LogP contribution in [0.2, 0.25) is 0 Å². The van der Waals surface area contributed by atoms with Gasteiger partial charge in [0.05, 0.1) is 17.3 Å². The molecule has 130 valence electrons. The van der Waals surface area contributed by atoms with Crippen LogP contribution in [-0.2, 0) is 4.74 Å². The molecule has 24 heavy (non-hydrogen) atoms. The van der Waals surface area contributed by atoms with Crippen molar-refractivity contribution in [1.29, 1.82) is 0 Å². The summed E-state index contributed by atoms with van der Waals surface area (Å²) in [5.74, 6) is -1.74. The Morgan fingerprint density at radius 2 is 2.00 bits per heavy atom. The zero-order valence-corrected chi connectivity index (χ0v) is 14.3. The van der Waals surface area contributed by atoms with E-state index < -0.39 is 29.4 Å². The highest BCUT2D eigenvalue weighted by molar-refractivity contribution is 5.79. The fourth-order valence-electron chi connectivity index (χ4n) is 1.89. The van der Waals surface area contributed by atoms with Gasteiger partial charge in [0.15, 0.2) is 0 Å². The number of aromatic nitrogens is 1. The number of rotatable bonds is 5. The van der Waals surface area contributed by atoms with Gasteiger partial charge in [0.25, 0.3) is 0 Å². The predicted molar refractivity (Wildman–Crippen MR) is 90.5 cm³/mol. The highest BCUT2D eigenvalue weighted by Gasteiger charge is 2.19. The lowest BCUT2D eigenvalue weighted by atomic mass is 10.0. The second-order valence-electron chi connectivity index (χ2n) is 6.17. The maximum absolute atomic E-state index is 13.7. The number of carbonyl (C=O) groups excluding carboxylic acids is 1. The molecule has 1 heterocycles. The van der Waals surface area contributed by atoms with Crippen LogP contribution in [-0.4, -0.2) is 16.7 Å². The number of allylic oxidation sites excluding steroid dienone is 4. The third kappa shape index (κ3) is 5.61. The van der Waals surface area contributed by atoms with Crippen LogP contribution < -0.4 is 5.32 Å². The van der Waals surface area contributed by atoms with E-state index in [0.717, 1.165) is 6.08 Å². The second kappa shape index (κ2) is 7.86. The first-order valence-corrected chi connectivity index (χ1v) is 7.38. The number of amides is 1. The van der Waals surface area contributed by atoms with E-state index in [2.05, 4.69) is 23.5 Å². The number of alkyl carbamates (subject to hydrolysis) is 1. The Morgan fingerprint density at radius 3 is 2.42 bits per heavy atom. The molecule has 1 N–H and O–H groups in total. The first-order valence-electron chi connectivity index (χ1n) is 7.38. The largest absolute Gasteiger partial charge is 0.444 e. The van der Waals surface area contributed by atoms with Crippen LogP contribution in [0, 0.1) is 0 Å². The van der Waals surface area contributed by atoms with Gasteiger partial charge in [0.2, 0.25) is 0 Å². The number of pyridine rings is 1. The van der Waals surface area contributed by atoms with Gasteiger partial charge in [-0.15, -0.1) is 0 Å². The Kier molecular flexibility index (Phi) is 6.40. The Labute approximate surface area is 140 Å². The molecule has 1 aromatic heterocycles. The molecule has 6 heteroatoms. The molecule has 0 bridgehead atoms. The SMILES string of the molecule is C=C/C(F)=C(\C(=C)F)c1ccc(C(C)NC(=O)OC(C)(C)C)nc1. The van der Waals surface area contributed by atoms with Crippen molar-refractivity contribution in [3.8, 4) is 0 Å². The lowest BCUT2D eigenvalue weighted by Crippen LogP contribution is -2.34. The predicted octanol–water partition coefficient (Wildman–Crippen LogP) is 5.02. The fraction of sp³-hybridized carbons (Fsp3) is 0.333. The van der Waals surface area contributed by atoms with Gasteiger partial charge in [-0.05, 0) is 39.8 Å². The van der Waals surface area contributed by atoms with E-state index in [1.54, 1.807) is 33.8 Å². The molecule has 0 radical (unpaired) electrons. The van der Waals surface area contributed by atoms with Crippen molar-refractivity contribution in [2.75, 3.05) is 0 Å². The van der Waals surface area contributed by atoms with E-state index in [1.165, 1.54) is 12.3 Å². The van der Waals surface area contributed by atoms with Crippen LogP contribution >= 0.6 is 0 Å². The molecule has 0 fully saturated rings. The van der Waals surface area contributed by atoms with Gasteiger partial charge in [0, 0.05) is 11.8 Å². The summed E-state index contributed by atoms with van der Waals surface area (Å²) < 4.78 is 32.3. The third-order valence-electron chi connectivity index (χ3n) is 2.94. The molecule has 1 unspecified atom stereocenters. The van der Waals surface area contributed by atoms with E-state index in [0.29, 0.717) is 5.69 Å². The molecule has 1 rings (SSSR count). The van der Waals surface area contributed by atoms with Crippen molar-refractivity contribution in [1.82, 2.24) is 10.3 Å². The molecule has 0 spiro atoms. The summed E-state index contributed by atoms with van der Waals surface area (Å²) in [6.45, 7) is 13.4. The molecule has 0 aromatic carbocycles. The minimum atomic E-state index is -0.915. The molecule has 1 atom stereocenters. The number of hydrogen-bond donors (Lipinski definition) is 1. The first kappa shape index (κ1) is 19.5. The average molecular weight is 336 g/mol. The molecule has 0 aliphatic heterocycles. The molecule has 0 aliphatic rings. The minimum Gasteiger partial charge on any atom is -0.444 e. The topological polar surface area (TPSA) is 51.2 Å². The number of ether oxygens (including phenoxy) is 1. The normalized spacial score (nSPS) is 13.6. The van der Waals surface area contributed by atoms with Crippen molar-refractivity contribution >= 4 is 11.7 Å². The lowest BCUT2D eigenvalue weighted by Gasteiger charge is -2.21. The van der Waals surface area contributed by atoms with E-state index >= 15 is 0 Å². The van der Waals surface area contributed by atoms with Crippen molar-refractivity contribution < 1.29 is 18.3 Å². The van der Waals surface area contributed by atoms with Crippen LogP contribution in [0.5, 0.6) is 0 Å². The number of carbonyl (C=O) groups is 1. The highest BCUT2D eigenvalue weighted by Crippen LogP contribution is 2.28. The average Bonchev–Trinajstić information content (AvgIpc) is 2.45. The van der Waals surface area contributed by atoms with E-state index in [-0.39, 0.29) is 11.1 Å². The number of nitrogens with zero attached hydrogens (tertiary/aromatic N) is 1. The van der Waals surface area contributed by atoms with Crippen LogP contribution in [0.3, 0.4) is 0 Å². The highest BCUT2D eigenvalue weighted by atomic mass is 19.1. The molecule has 0 saturated heterocycles. The van der Waals surface area contributed by atoms with Gasteiger partial charge in [-0.1, -0.05) is 19.2 Å². The van der Waals surface area contributed by atoms with Crippen molar-refractivity contribution in [3.63, 3.8) is 0 Å². The summed E-state index contributed by atoms with van der Waals surface area (Å²) >= 11 is 0. The summed E-state index contributed by atoms with van der Waals surface area (Å²) in [6, 6.07) is 2.63. The van der Waals surface area contributed by atoms with Gasteiger partial charge in [0.1, 0.15) is 17.3 Å². The summed E-state index contributed by atoms with van der Waals surface area (Å²) in [4.78, 5) is 15.9. The van der Waals surface area contributed by atoms with Gasteiger partial charge >= 0.3 is 6.09 Å². The van der Waals surface area contributed by atoms with Crippen molar-refractivity contribution in [2.24, 2.45) is 0 Å². The minimum absolute atomic E-state index is 0.230. The summed E-state index contributed by atoms with van der Waals surface area (Å²) in [6.07, 6.45) is 1.64. The quantitative estimate of drug-likeness (QED) is 0.768. The summed E-state index contributed by atoms with van der Waals surface area (Å²) in [5, 5.41) is 2.64. The Bertz CT molecular complexity index is 659. The van der Waals surface area contributed by atoms with Crippen LogP contribution in [0.1, 0.15) is 45.0 Å². The Balaban J connectivity index is 2.93. The molecule has 0 saturated carbocycles. The van der Waals surface area contributed by atoms with Crippen molar-refractivity contribution in [2.45, 2.75) is 39.3 Å². The first-order chi connectivity index (χ1) is 11.0. The van der Waals surface area contributed by atoms with Gasteiger partial charge in [-0.25, -0.2) is 13.6 Å². The van der Waals surface area contributed by atoms with Gasteiger partial charge in [-0.2, -0.15) is 0 Å². The molecule has 0 aliphatic carbocycles. The number of nitrogens with one attached hydrogen (secondary N) is 1. The lowest BCUT2D eigenvalue weighted by molar-refractivity contribution is 0.0507. The van der Waals surface area contributed by atoms with Gasteiger partial charge in [-0.3, -0.25) is 4.98 Å². The Morgan fingerprint density at radius 1 is 1.38 bits per heavy atom. The fourth-order valence-corrected chi connectivity index (χ4v) is 1.89. The zero-order chi connectivity index (χ0) is 18.5. The van der Waals surface area contributed by atoms with Crippen LogP contribution in [0.15, 0.2) is 49.2 Å². The van der Waals surface area contributed by atoms with Crippen LogP contribution in [0.25, 0.3) is 5.57 Å². The summed E-state index contributed by atoms with van der Waals surface area (Å²) in [7, 11) is 0. The number of hydrogen-bond acceptors (Lipinski definition) is 3. The maximum atomic E-state index is 13.7.